The highest BCUT2D eigenvalue weighted by Crippen LogP contribution is 2.25. The molecule has 0 radical (unpaired) electrons. The smallest absolute Gasteiger partial charge is 0.407 e. The predicted octanol–water partition coefficient (Wildman–Crippen LogP) is 2.85. The Morgan fingerprint density at radius 2 is 1.62 bits per heavy atom. The lowest BCUT2D eigenvalue weighted by atomic mass is 9.85. The maximum atomic E-state index is 10.9. The van der Waals surface area contributed by atoms with E-state index in [-0.39, 0.29) is 11.5 Å². The molecule has 0 aromatic carbocycles. The molecule has 0 saturated carbocycles. The second-order valence-electron chi connectivity index (χ2n) is 8.57. The van der Waals surface area contributed by atoms with Crippen LogP contribution in [0.5, 0.6) is 0 Å². The first-order chi connectivity index (χ1) is 12.4. The zero-order valence-corrected chi connectivity index (χ0v) is 17.5. The van der Waals surface area contributed by atoms with Gasteiger partial charge in [-0.25, -0.2) is 4.79 Å². The number of nitrogens with zero attached hydrogens (tertiary/aromatic N) is 2. The number of nitrogens with one attached hydrogen (secondary N) is 2. The number of hydrogen-bond acceptors (Lipinski definition) is 4. The summed E-state index contributed by atoms with van der Waals surface area (Å²) in [7, 11) is 0. The molecule has 0 aromatic heterocycles. The van der Waals surface area contributed by atoms with Crippen molar-refractivity contribution in [2.24, 2.45) is 5.41 Å². The molecule has 0 bridgehead atoms. The minimum Gasteiger partial charge on any atom is -0.465 e. The summed E-state index contributed by atoms with van der Waals surface area (Å²) < 4.78 is 0. The average molecular weight is 371 g/mol. The molecule has 0 spiro atoms. The van der Waals surface area contributed by atoms with Crippen LogP contribution in [0, 0.1) is 5.41 Å². The van der Waals surface area contributed by atoms with Crippen molar-refractivity contribution in [3.8, 4) is 0 Å². The summed E-state index contributed by atoms with van der Waals surface area (Å²) in [6.45, 7) is 16.8. The van der Waals surface area contributed by atoms with Gasteiger partial charge < -0.3 is 25.5 Å². The van der Waals surface area contributed by atoms with Gasteiger partial charge in [-0.2, -0.15) is 0 Å². The quantitative estimate of drug-likeness (QED) is 0.627. The van der Waals surface area contributed by atoms with E-state index in [0.717, 1.165) is 13.1 Å². The SMILES string of the molecule is CC(C)(C)C1CNCCN1C(=O)O.CCCCCCCN1CCNCC1. The van der Waals surface area contributed by atoms with Crippen LogP contribution in [0.25, 0.3) is 0 Å². The van der Waals surface area contributed by atoms with Crippen LogP contribution in [-0.4, -0.2) is 79.4 Å². The maximum absolute atomic E-state index is 10.9. The highest BCUT2D eigenvalue weighted by atomic mass is 16.4. The van der Waals surface area contributed by atoms with Crippen LogP contribution in [0.4, 0.5) is 4.79 Å². The fraction of sp³-hybridized carbons (Fsp3) is 0.950. The van der Waals surface area contributed by atoms with Crippen LogP contribution in [0.3, 0.4) is 0 Å². The lowest BCUT2D eigenvalue weighted by molar-refractivity contribution is 0.0674. The Morgan fingerprint density at radius 1 is 1.00 bits per heavy atom. The van der Waals surface area contributed by atoms with Crippen molar-refractivity contribution in [1.29, 1.82) is 0 Å². The predicted molar refractivity (Wildman–Crippen MR) is 109 cm³/mol. The Hall–Kier alpha value is -0.850. The summed E-state index contributed by atoms with van der Waals surface area (Å²) >= 11 is 0. The molecule has 0 aliphatic carbocycles. The first-order valence-electron chi connectivity index (χ1n) is 10.5. The van der Waals surface area contributed by atoms with Gasteiger partial charge in [-0.3, -0.25) is 0 Å². The molecule has 6 nitrogen and oxygen atoms in total. The van der Waals surface area contributed by atoms with Gasteiger partial charge in [-0.05, 0) is 18.4 Å². The van der Waals surface area contributed by atoms with Crippen molar-refractivity contribution in [3.63, 3.8) is 0 Å². The zero-order chi connectivity index (χ0) is 19.4. The minimum atomic E-state index is -0.804. The number of piperazine rings is 2. The lowest BCUT2D eigenvalue weighted by Gasteiger charge is -2.41. The summed E-state index contributed by atoms with van der Waals surface area (Å²) in [6, 6.07) is 0.0822. The molecule has 154 valence electrons. The largest absolute Gasteiger partial charge is 0.465 e. The Labute approximate surface area is 160 Å². The normalized spacial score (nSPS) is 21.8. The van der Waals surface area contributed by atoms with Crippen molar-refractivity contribution in [2.45, 2.75) is 65.8 Å². The first kappa shape index (κ1) is 23.2. The molecule has 26 heavy (non-hydrogen) atoms. The van der Waals surface area contributed by atoms with Gasteiger partial charge in [0.15, 0.2) is 0 Å². The van der Waals surface area contributed by atoms with Crippen LogP contribution >= 0.6 is 0 Å². The van der Waals surface area contributed by atoms with E-state index >= 15 is 0 Å². The molecule has 0 aromatic rings. The molecule has 6 heteroatoms. The number of amides is 1. The lowest BCUT2D eigenvalue weighted by Crippen LogP contribution is -2.58. The van der Waals surface area contributed by atoms with Crippen LogP contribution in [-0.2, 0) is 0 Å². The van der Waals surface area contributed by atoms with Crippen molar-refractivity contribution in [1.82, 2.24) is 20.4 Å². The Bertz CT molecular complexity index is 378. The molecular formula is C20H42N4O2. The van der Waals surface area contributed by atoms with E-state index < -0.39 is 6.09 Å². The molecular weight excluding hydrogens is 328 g/mol. The van der Waals surface area contributed by atoms with Crippen LogP contribution in [0.15, 0.2) is 0 Å². The summed E-state index contributed by atoms with van der Waals surface area (Å²) in [5.74, 6) is 0. The van der Waals surface area contributed by atoms with Gasteiger partial charge in [-0.1, -0.05) is 53.4 Å². The number of carbonyl (C=O) groups is 1. The van der Waals surface area contributed by atoms with Gasteiger partial charge in [0.05, 0.1) is 6.04 Å². The fourth-order valence-corrected chi connectivity index (χ4v) is 3.58. The molecule has 2 fully saturated rings. The molecule has 2 heterocycles. The highest BCUT2D eigenvalue weighted by Gasteiger charge is 2.34. The van der Waals surface area contributed by atoms with Gasteiger partial charge in [0.2, 0.25) is 0 Å². The Kier molecular flexibility index (Phi) is 11.2. The third-order valence-corrected chi connectivity index (χ3v) is 5.28. The Balaban J connectivity index is 0.000000260. The molecule has 2 rings (SSSR count). The van der Waals surface area contributed by atoms with Gasteiger partial charge in [0, 0.05) is 45.8 Å². The van der Waals surface area contributed by atoms with Crippen molar-refractivity contribution in [2.75, 3.05) is 52.4 Å². The van der Waals surface area contributed by atoms with Crippen molar-refractivity contribution < 1.29 is 9.90 Å². The standard InChI is InChI=1S/C11H24N2.C9H18N2O2/c1-2-3-4-5-6-9-13-10-7-12-8-11-13;1-9(2,3)7-6-10-4-5-11(7)8(12)13/h12H,2-11H2,1H3;7,10H,4-6H2,1-3H3,(H,12,13). The third kappa shape index (κ3) is 9.19. The van der Waals surface area contributed by atoms with Gasteiger partial charge in [0.1, 0.15) is 0 Å². The number of rotatable bonds is 6. The molecule has 2 saturated heterocycles. The second kappa shape index (κ2) is 12.5. The van der Waals surface area contributed by atoms with E-state index in [9.17, 15) is 4.79 Å². The maximum Gasteiger partial charge on any atom is 0.407 e. The molecule has 3 N–H and O–H groups in total. The third-order valence-electron chi connectivity index (χ3n) is 5.28. The van der Waals surface area contributed by atoms with Crippen LogP contribution < -0.4 is 10.6 Å². The topological polar surface area (TPSA) is 67.8 Å². The van der Waals surface area contributed by atoms with E-state index in [1.807, 2.05) is 0 Å². The van der Waals surface area contributed by atoms with Crippen molar-refractivity contribution >= 4 is 6.09 Å². The number of unbranched alkanes of at least 4 members (excludes halogenated alkanes) is 4. The number of hydrogen-bond donors (Lipinski definition) is 3. The average Bonchev–Trinajstić information content (AvgIpc) is 2.62. The summed E-state index contributed by atoms with van der Waals surface area (Å²) in [4.78, 5) is 15.0. The Morgan fingerprint density at radius 3 is 2.15 bits per heavy atom. The van der Waals surface area contributed by atoms with E-state index in [1.54, 1.807) is 0 Å². The molecule has 2 aliphatic heterocycles. The first-order valence-corrected chi connectivity index (χ1v) is 10.5. The molecule has 1 unspecified atom stereocenters. The van der Waals surface area contributed by atoms with E-state index in [4.69, 9.17) is 5.11 Å². The van der Waals surface area contributed by atoms with Crippen LogP contribution in [0.2, 0.25) is 0 Å². The summed E-state index contributed by atoms with van der Waals surface area (Å²) in [5, 5.41) is 15.6. The highest BCUT2D eigenvalue weighted by molar-refractivity contribution is 5.65. The molecule has 1 amide bonds. The van der Waals surface area contributed by atoms with Crippen molar-refractivity contribution in [3.05, 3.63) is 0 Å². The minimum absolute atomic E-state index is 0.00576. The van der Waals surface area contributed by atoms with E-state index in [2.05, 4.69) is 43.2 Å². The number of carboxylic acid groups (broad SMARTS) is 1. The van der Waals surface area contributed by atoms with Crippen LogP contribution in [0.1, 0.15) is 59.8 Å². The van der Waals surface area contributed by atoms with E-state index in [0.29, 0.717) is 6.54 Å². The monoisotopic (exact) mass is 370 g/mol. The van der Waals surface area contributed by atoms with E-state index in [1.165, 1.54) is 69.7 Å². The zero-order valence-electron chi connectivity index (χ0n) is 17.5. The summed E-state index contributed by atoms with van der Waals surface area (Å²) in [5.41, 5.74) is 0.00576. The van der Waals surface area contributed by atoms with Gasteiger partial charge in [0.25, 0.3) is 0 Å². The fourth-order valence-electron chi connectivity index (χ4n) is 3.58. The second-order valence-corrected chi connectivity index (χ2v) is 8.57. The summed E-state index contributed by atoms with van der Waals surface area (Å²) in [6.07, 6.45) is 6.23. The molecule has 2 aliphatic rings. The van der Waals surface area contributed by atoms with Gasteiger partial charge in [-0.15, -0.1) is 0 Å². The van der Waals surface area contributed by atoms with Gasteiger partial charge >= 0.3 is 6.09 Å². The molecule has 1 atom stereocenters.